The number of benzene rings is 2. The maximum Gasteiger partial charge on any atom is 0.168 e. The molecule has 1 saturated heterocycles. The van der Waals surface area contributed by atoms with E-state index in [2.05, 4.69) is 39.1 Å². The number of ketones is 1. The topological polar surface area (TPSA) is 72.1 Å². The number of aryl methyl sites for hydroxylation is 2. The summed E-state index contributed by atoms with van der Waals surface area (Å²) in [7, 11) is 0. The smallest absolute Gasteiger partial charge is 0.168 e. The molecule has 0 radical (unpaired) electrons. The molecule has 1 aliphatic heterocycles. The van der Waals surface area contributed by atoms with Crippen LogP contribution in [0.1, 0.15) is 34.3 Å². The highest BCUT2D eigenvalue weighted by Gasteiger charge is 2.29. The van der Waals surface area contributed by atoms with Crippen LogP contribution < -0.4 is 10.6 Å². The Labute approximate surface area is 158 Å². The maximum atomic E-state index is 13.4. The van der Waals surface area contributed by atoms with Gasteiger partial charge in [0.25, 0.3) is 0 Å². The van der Waals surface area contributed by atoms with Crippen LogP contribution in [-0.2, 0) is 12.8 Å². The van der Waals surface area contributed by atoms with Crippen molar-refractivity contribution < 1.29 is 4.79 Å². The van der Waals surface area contributed by atoms with E-state index in [1.165, 1.54) is 22.8 Å². The minimum absolute atomic E-state index is 0.0200. The Hall–Kier alpha value is -2.95. The highest BCUT2D eigenvalue weighted by atomic mass is 16.1. The molecule has 27 heavy (non-hydrogen) atoms. The monoisotopic (exact) mass is 358 g/mol. The van der Waals surface area contributed by atoms with Crippen LogP contribution in [-0.4, -0.2) is 28.8 Å². The van der Waals surface area contributed by atoms with E-state index in [0.717, 1.165) is 49.0 Å². The van der Waals surface area contributed by atoms with Gasteiger partial charge in [0, 0.05) is 30.6 Å². The van der Waals surface area contributed by atoms with E-state index in [-0.39, 0.29) is 11.7 Å². The van der Waals surface area contributed by atoms with Crippen molar-refractivity contribution >= 4 is 28.2 Å². The SMILES string of the molecule is Nc1cc(N2CCC[C@H](C(=O)c3ccc4c5c(cccc35)CC4)C2)ncn1. The third-order valence-corrected chi connectivity index (χ3v) is 5.93. The molecule has 0 spiro atoms. The molecule has 0 saturated carbocycles. The number of rotatable bonds is 3. The van der Waals surface area contributed by atoms with Crippen LogP contribution in [0.15, 0.2) is 42.7 Å². The molecule has 1 aliphatic carbocycles. The number of nitrogen functional groups attached to an aromatic ring is 1. The molecule has 3 aromatic rings. The van der Waals surface area contributed by atoms with Gasteiger partial charge < -0.3 is 10.6 Å². The molecule has 1 fully saturated rings. The zero-order valence-corrected chi connectivity index (χ0v) is 15.2. The van der Waals surface area contributed by atoms with Gasteiger partial charge in [-0.2, -0.15) is 0 Å². The average molecular weight is 358 g/mol. The summed E-state index contributed by atoms with van der Waals surface area (Å²) >= 11 is 0. The number of carbonyl (C=O) groups excluding carboxylic acids is 1. The number of carbonyl (C=O) groups is 1. The first kappa shape index (κ1) is 16.2. The van der Waals surface area contributed by atoms with Crippen molar-refractivity contribution in [3.05, 3.63) is 59.4 Å². The van der Waals surface area contributed by atoms with E-state index < -0.39 is 0 Å². The summed E-state index contributed by atoms with van der Waals surface area (Å²) in [4.78, 5) is 23.9. The van der Waals surface area contributed by atoms with Crippen LogP contribution in [0.4, 0.5) is 11.6 Å². The second-order valence-electron chi connectivity index (χ2n) is 7.56. The van der Waals surface area contributed by atoms with Gasteiger partial charge in [-0.25, -0.2) is 9.97 Å². The number of piperidine rings is 1. The van der Waals surface area contributed by atoms with Crippen molar-refractivity contribution in [3.8, 4) is 0 Å². The van der Waals surface area contributed by atoms with Gasteiger partial charge in [0.1, 0.15) is 18.0 Å². The van der Waals surface area contributed by atoms with Crippen molar-refractivity contribution in [2.24, 2.45) is 5.92 Å². The van der Waals surface area contributed by atoms with Gasteiger partial charge >= 0.3 is 0 Å². The number of Topliss-reactive ketones (excluding diaryl/α,β-unsaturated/α-hetero) is 1. The fraction of sp³-hybridized carbons (Fsp3) is 0.318. The first-order chi connectivity index (χ1) is 13.2. The Morgan fingerprint density at radius 1 is 1.11 bits per heavy atom. The summed E-state index contributed by atoms with van der Waals surface area (Å²) in [5, 5.41) is 2.43. The molecule has 0 unspecified atom stereocenters. The molecular formula is C22H22N4O. The second kappa shape index (κ2) is 6.34. The van der Waals surface area contributed by atoms with Gasteiger partial charge in [-0.1, -0.05) is 30.3 Å². The Morgan fingerprint density at radius 3 is 2.81 bits per heavy atom. The Kier molecular flexibility index (Phi) is 3.81. The number of nitrogens with two attached hydrogens (primary N) is 1. The molecule has 1 aromatic heterocycles. The average Bonchev–Trinajstić information content (AvgIpc) is 3.13. The number of aromatic nitrogens is 2. The zero-order valence-electron chi connectivity index (χ0n) is 15.2. The number of hydrogen-bond acceptors (Lipinski definition) is 5. The lowest BCUT2D eigenvalue weighted by molar-refractivity contribution is 0.0909. The third kappa shape index (κ3) is 2.74. The maximum absolute atomic E-state index is 13.4. The predicted octanol–water partition coefficient (Wildman–Crippen LogP) is 3.41. The van der Waals surface area contributed by atoms with E-state index in [1.807, 2.05) is 6.07 Å². The lowest BCUT2D eigenvalue weighted by Crippen LogP contribution is -2.39. The molecule has 136 valence electrons. The normalized spacial score (nSPS) is 18.8. The van der Waals surface area contributed by atoms with Gasteiger partial charge in [0.05, 0.1) is 0 Å². The van der Waals surface area contributed by atoms with Crippen LogP contribution in [0.5, 0.6) is 0 Å². The third-order valence-electron chi connectivity index (χ3n) is 5.93. The van der Waals surface area contributed by atoms with Gasteiger partial charge in [-0.05, 0) is 47.6 Å². The van der Waals surface area contributed by atoms with Crippen LogP contribution in [0.25, 0.3) is 10.8 Å². The molecule has 2 N–H and O–H groups in total. The van der Waals surface area contributed by atoms with Gasteiger partial charge in [-0.3, -0.25) is 4.79 Å². The molecule has 5 rings (SSSR count). The molecule has 1 atom stereocenters. The Balaban J connectivity index is 1.47. The van der Waals surface area contributed by atoms with Gasteiger partial charge in [0.15, 0.2) is 5.78 Å². The number of nitrogens with zero attached hydrogens (tertiary/aromatic N) is 3. The number of anilines is 2. The molecule has 5 nitrogen and oxygen atoms in total. The minimum Gasteiger partial charge on any atom is -0.384 e. The molecule has 2 aliphatic rings. The highest BCUT2D eigenvalue weighted by molar-refractivity contribution is 6.11. The zero-order chi connectivity index (χ0) is 18.4. The van der Waals surface area contributed by atoms with Crippen molar-refractivity contribution in [2.45, 2.75) is 25.7 Å². The summed E-state index contributed by atoms with van der Waals surface area (Å²) < 4.78 is 0. The van der Waals surface area contributed by atoms with Gasteiger partial charge in [0.2, 0.25) is 0 Å². The van der Waals surface area contributed by atoms with E-state index >= 15 is 0 Å². The first-order valence-corrected chi connectivity index (χ1v) is 9.61. The first-order valence-electron chi connectivity index (χ1n) is 9.61. The van der Waals surface area contributed by atoms with Crippen LogP contribution in [0.3, 0.4) is 0 Å². The predicted molar refractivity (Wildman–Crippen MR) is 107 cm³/mol. The fourth-order valence-corrected chi connectivity index (χ4v) is 4.62. The van der Waals surface area contributed by atoms with E-state index in [1.54, 1.807) is 6.07 Å². The number of hydrogen-bond donors (Lipinski definition) is 1. The lowest BCUT2D eigenvalue weighted by atomic mass is 9.87. The van der Waals surface area contributed by atoms with Crippen LogP contribution in [0.2, 0.25) is 0 Å². The molecule has 5 heteroatoms. The van der Waals surface area contributed by atoms with Crippen LogP contribution in [0, 0.1) is 5.92 Å². The lowest BCUT2D eigenvalue weighted by Gasteiger charge is -2.33. The quantitative estimate of drug-likeness (QED) is 0.727. The van der Waals surface area contributed by atoms with Crippen molar-refractivity contribution in [1.82, 2.24) is 9.97 Å². The standard InChI is InChI=1S/C22H22N4O/c23-19-11-20(25-13-24-19)26-10-2-4-16(12-26)22(27)18-9-8-15-7-6-14-3-1-5-17(18)21(14)15/h1,3,5,8-9,11,13,16H,2,4,6-7,10,12H2,(H2,23,24,25)/t16-/m0/s1. The minimum atomic E-state index is -0.0200. The summed E-state index contributed by atoms with van der Waals surface area (Å²) in [6, 6.07) is 12.3. The van der Waals surface area contributed by atoms with Crippen LogP contribution >= 0.6 is 0 Å². The molecule has 0 amide bonds. The molecule has 2 heterocycles. The van der Waals surface area contributed by atoms with E-state index in [9.17, 15) is 4.79 Å². The Morgan fingerprint density at radius 2 is 1.96 bits per heavy atom. The van der Waals surface area contributed by atoms with E-state index in [4.69, 9.17) is 5.73 Å². The van der Waals surface area contributed by atoms with Gasteiger partial charge in [-0.15, -0.1) is 0 Å². The largest absolute Gasteiger partial charge is 0.384 e. The van der Waals surface area contributed by atoms with Crippen molar-refractivity contribution in [3.63, 3.8) is 0 Å². The molecular weight excluding hydrogens is 336 g/mol. The summed E-state index contributed by atoms with van der Waals surface area (Å²) in [6.07, 6.45) is 5.53. The second-order valence-corrected chi connectivity index (χ2v) is 7.56. The van der Waals surface area contributed by atoms with Crippen molar-refractivity contribution in [1.29, 1.82) is 0 Å². The van der Waals surface area contributed by atoms with Crippen molar-refractivity contribution in [2.75, 3.05) is 23.7 Å². The summed E-state index contributed by atoms with van der Waals surface area (Å²) in [6.45, 7) is 1.57. The highest BCUT2D eigenvalue weighted by Crippen LogP contribution is 2.34. The summed E-state index contributed by atoms with van der Waals surface area (Å²) in [5.74, 6) is 1.49. The fourth-order valence-electron chi connectivity index (χ4n) is 4.62. The molecule has 0 bridgehead atoms. The Bertz CT molecular complexity index is 1040. The van der Waals surface area contributed by atoms with E-state index in [0.29, 0.717) is 12.4 Å². The summed E-state index contributed by atoms with van der Waals surface area (Å²) in [5.41, 5.74) is 9.42. The molecule has 2 aromatic carbocycles.